The maximum Gasteiger partial charge on any atom is 0.387 e. The molecule has 1 aromatic carbocycles. The molecule has 0 radical (unpaired) electrons. The van der Waals surface area contributed by atoms with E-state index in [4.69, 9.17) is 0 Å². The lowest BCUT2D eigenvalue weighted by molar-refractivity contribution is -0.0498. The van der Waals surface area contributed by atoms with Gasteiger partial charge in [0.25, 0.3) is 5.91 Å². The van der Waals surface area contributed by atoms with Gasteiger partial charge in [0, 0.05) is 50.2 Å². The smallest absolute Gasteiger partial charge is 0.387 e. The topological polar surface area (TPSA) is 45.7 Å². The predicted octanol–water partition coefficient (Wildman–Crippen LogP) is 3.20. The standard InChI is InChI=1S/C19H21F2N3O2/c1-14(16-3-2-8-22-13-16)23-9-11-24(12-10-23)18(25)15-4-6-17(7-5-15)26-19(20)21/h2-8,13-14,19H,9-12H2,1H3. The molecule has 0 N–H and O–H groups in total. The summed E-state index contributed by atoms with van der Waals surface area (Å²) in [5.41, 5.74) is 1.63. The fourth-order valence-corrected chi connectivity index (χ4v) is 3.11. The Morgan fingerprint density at radius 2 is 1.81 bits per heavy atom. The van der Waals surface area contributed by atoms with E-state index in [1.165, 1.54) is 24.3 Å². The van der Waals surface area contributed by atoms with Crippen molar-refractivity contribution >= 4 is 5.91 Å². The van der Waals surface area contributed by atoms with Crippen molar-refractivity contribution < 1.29 is 18.3 Å². The van der Waals surface area contributed by atoms with Gasteiger partial charge in [-0.3, -0.25) is 14.7 Å². The summed E-state index contributed by atoms with van der Waals surface area (Å²) in [6, 6.07) is 10.0. The number of amides is 1. The predicted molar refractivity (Wildman–Crippen MR) is 93.2 cm³/mol. The minimum Gasteiger partial charge on any atom is -0.435 e. The summed E-state index contributed by atoms with van der Waals surface area (Å²) in [6.07, 6.45) is 3.62. The lowest BCUT2D eigenvalue weighted by Gasteiger charge is -2.38. The van der Waals surface area contributed by atoms with E-state index in [9.17, 15) is 13.6 Å². The third kappa shape index (κ3) is 4.35. The van der Waals surface area contributed by atoms with Crippen molar-refractivity contribution in [2.45, 2.75) is 19.6 Å². The van der Waals surface area contributed by atoms with E-state index >= 15 is 0 Å². The van der Waals surface area contributed by atoms with Crippen LogP contribution in [0.2, 0.25) is 0 Å². The molecular formula is C19H21F2N3O2. The zero-order chi connectivity index (χ0) is 18.5. The number of piperazine rings is 1. The van der Waals surface area contributed by atoms with Gasteiger partial charge in [-0.05, 0) is 42.8 Å². The summed E-state index contributed by atoms with van der Waals surface area (Å²) >= 11 is 0. The zero-order valence-electron chi connectivity index (χ0n) is 14.5. The highest BCUT2D eigenvalue weighted by atomic mass is 19.3. The molecule has 1 atom stereocenters. The first-order valence-corrected chi connectivity index (χ1v) is 8.52. The fourth-order valence-electron chi connectivity index (χ4n) is 3.11. The van der Waals surface area contributed by atoms with Crippen molar-refractivity contribution in [2.24, 2.45) is 0 Å². The van der Waals surface area contributed by atoms with Crippen molar-refractivity contribution in [3.63, 3.8) is 0 Å². The Labute approximate surface area is 151 Å². The van der Waals surface area contributed by atoms with Crippen molar-refractivity contribution in [3.05, 3.63) is 59.9 Å². The molecule has 1 saturated heterocycles. The van der Waals surface area contributed by atoms with Crippen molar-refractivity contribution in [3.8, 4) is 5.75 Å². The number of hydrogen-bond acceptors (Lipinski definition) is 4. The van der Waals surface area contributed by atoms with Crippen LogP contribution in [0.25, 0.3) is 0 Å². The Bertz CT molecular complexity index is 717. The second-order valence-electron chi connectivity index (χ2n) is 6.19. The maximum atomic E-state index is 12.6. The number of aromatic nitrogens is 1. The van der Waals surface area contributed by atoms with Crippen LogP contribution in [0.15, 0.2) is 48.8 Å². The van der Waals surface area contributed by atoms with Crippen LogP contribution in [0.4, 0.5) is 8.78 Å². The van der Waals surface area contributed by atoms with Gasteiger partial charge >= 0.3 is 6.61 Å². The van der Waals surface area contributed by atoms with Crippen LogP contribution in [0, 0.1) is 0 Å². The first-order chi connectivity index (χ1) is 12.5. The van der Waals surface area contributed by atoms with E-state index in [1.54, 1.807) is 11.1 Å². The average Bonchev–Trinajstić information content (AvgIpc) is 2.68. The Morgan fingerprint density at radius 3 is 2.38 bits per heavy atom. The van der Waals surface area contributed by atoms with Crippen LogP contribution in [0.1, 0.15) is 28.9 Å². The molecule has 5 nitrogen and oxygen atoms in total. The molecule has 0 bridgehead atoms. The first kappa shape index (κ1) is 18.3. The lowest BCUT2D eigenvalue weighted by Crippen LogP contribution is -2.49. The number of hydrogen-bond donors (Lipinski definition) is 0. The van der Waals surface area contributed by atoms with Gasteiger partial charge in [0.2, 0.25) is 0 Å². The number of rotatable bonds is 5. The molecule has 1 amide bonds. The summed E-state index contributed by atoms with van der Waals surface area (Å²) < 4.78 is 28.7. The van der Waals surface area contributed by atoms with E-state index in [0.717, 1.165) is 18.7 Å². The highest BCUT2D eigenvalue weighted by Crippen LogP contribution is 2.22. The summed E-state index contributed by atoms with van der Waals surface area (Å²) in [4.78, 5) is 20.9. The fraction of sp³-hybridized carbons (Fsp3) is 0.368. The number of alkyl halides is 2. The molecule has 1 fully saturated rings. The quantitative estimate of drug-likeness (QED) is 0.820. The molecule has 7 heteroatoms. The Morgan fingerprint density at radius 1 is 1.12 bits per heavy atom. The minimum atomic E-state index is -2.87. The van der Waals surface area contributed by atoms with Gasteiger partial charge in [0.05, 0.1) is 0 Å². The SMILES string of the molecule is CC(c1cccnc1)N1CCN(C(=O)c2ccc(OC(F)F)cc2)CC1. The lowest BCUT2D eigenvalue weighted by atomic mass is 10.1. The van der Waals surface area contributed by atoms with Gasteiger partial charge in [-0.2, -0.15) is 8.78 Å². The summed E-state index contributed by atoms with van der Waals surface area (Å²) in [5.74, 6) is -0.0473. The number of carbonyl (C=O) groups is 1. The summed E-state index contributed by atoms with van der Waals surface area (Å²) in [5, 5.41) is 0. The number of halogens is 2. The van der Waals surface area contributed by atoms with Crippen LogP contribution >= 0.6 is 0 Å². The maximum absolute atomic E-state index is 12.6. The van der Waals surface area contributed by atoms with Gasteiger partial charge in [0.1, 0.15) is 5.75 Å². The van der Waals surface area contributed by atoms with Crippen LogP contribution in [0.3, 0.4) is 0 Å². The van der Waals surface area contributed by atoms with Crippen LogP contribution < -0.4 is 4.74 Å². The van der Waals surface area contributed by atoms with Crippen LogP contribution in [-0.4, -0.2) is 53.5 Å². The third-order valence-electron chi connectivity index (χ3n) is 4.64. The monoisotopic (exact) mass is 361 g/mol. The number of ether oxygens (including phenoxy) is 1. The molecule has 1 unspecified atom stereocenters. The van der Waals surface area contributed by atoms with Crippen molar-refractivity contribution in [2.75, 3.05) is 26.2 Å². The van der Waals surface area contributed by atoms with Crippen LogP contribution in [0.5, 0.6) is 5.75 Å². The zero-order valence-corrected chi connectivity index (χ0v) is 14.5. The molecule has 138 valence electrons. The van der Waals surface area contributed by atoms with Gasteiger partial charge in [-0.25, -0.2) is 0 Å². The molecule has 2 heterocycles. The highest BCUT2D eigenvalue weighted by molar-refractivity contribution is 5.94. The largest absolute Gasteiger partial charge is 0.435 e. The average molecular weight is 361 g/mol. The van der Waals surface area contributed by atoms with E-state index in [1.807, 2.05) is 12.3 Å². The highest BCUT2D eigenvalue weighted by Gasteiger charge is 2.25. The molecular weight excluding hydrogens is 340 g/mol. The first-order valence-electron chi connectivity index (χ1n) is 8.52. The molecule has 1 aromatic heterocycles. The van der Waals surface area contributed by atoms with E-state index < -0.39 is 6.61 Å². The molecule has 0 saturated carbocycles. The molecule has 1 aliphatic heterocycles. The molecule has 0 spiro atoms. The Hall–Kier alpha value is -2.54. The molecule has 3 rings (SSSR count). The Balaban J connectivity index is 1.56. The van der Waals surface area contributed by atoms with E-state index in [-0.39, 0.29) is 17.7 Å². The molecule has 0 aliphatic carbocycles. The molecule has 1 aliphatic rings. The van der Waals surface area contributed by atoms with Gasteiger partial charge in [-0.1, -0.05) is 6.07 Å². The summed E-state index contributed by atoms with van der Waals surface area (Å²) in [7, 11) is 0. The van der Waals surface area contributed by atoms with Gasteiger partial charge < -0.3 is 9.64 Å². The van der Waals surface area contributed by atoms with E-state index in [2.05, 4.69) is 27.6 Å². The van der Waals surface area contributed by atoms with Crippen molar-refractivity contribution in [1.29, 1.82) is 0 Å². The number of pyridine rings is 1. The van der Waals surface area contributed by atoms with E-state index in [0.29, 0.717) is 18.7 Å². The molecule has 26 heavy (non-hydrogen) atoms. The third-order valence-corrected chi connectivity index (χ3v) is 4.64. The second kappa shape index (κ2) is 8.23. The van der Waals surface area contributed by atoms with Crippen molar-refractivity contribution in [1.82, 2.24) is 14.8 Å². The number of nitrogens with zero attached hydrogens (tertiary/aromatic N) is 3. The molecule has 2 aromatic rings. The van der Waals surface area contributed by atoms with Gasteiger partial charge in [0.15, 0.2) is 0 Å². The number of carbonyl (C=O) groups excluding carboxylic acids is 1. The summed E-state index contributed by atoms with van der Waals surface area (Å²) in [6.45, 7) is 2.06. The van der Waals surface area contributed by atoms with Gasteiger partial charge in [-0.15, -0.1) is 0 Å². The second-order valence-corrected chi connectivity index (χ2v) is 6.19. The Kier molecular flexibility index (Phi) is 5.78. The minimum absolute atomic E-state index is 0.0478. The normalized spacial score (nSPS) is 16.5. The van der Waals surface area contributed by atoms with Crippen LogP contribution in [-0.2, 0) is 0 Å². The number of benzene rings is 1.